The number of pyridine rings is 1. The van der Waals surface area contributed by atoms with Crippen molar-refractivity contribution in [2.24, 2.45) is 11.3 Å². The Morgan fingerprint density at radius 1 is 1.07 bits per heavy atom. The van der Waals surface area contributed by atoms with E-state index in [1.165, 1.54) is 0 Å². The van der Waals surface area contributed by atoms with Crippen molar-refractivity contribution in [1.82, 2.24) is 15.2 Å². The Bertz CT molecular complexity index is 1700. The zero-order valence-corrected chi connectivity index (χ0v) is 27.1. The second kappa shape index (κ2) is 13.3. The number of fused-ring (bicyclic) bond motifs is 1. The molecule has 5 rings (SSSR count). The van der Waals surface area contributed by atoms with Crippen LogP contribution in [0, 0.1) is 23.0 Å². The number of carbonyl (C=O) groups excluding carboxylic acids is 1. The lowest BCUT2D eigenvalue weighted by molar-refractivity contribution is 0.0543. The van der Waals surface area contributed by atoms with Gasteiger partial charge in [-0.15, -0.1) is 11.3 Å². The highest BCUT2D eigenvalue weighted by Gasteiger charge is 2.39. The Balaban J connectivity index is 1.52. The number of carbonyl (C=O) groups is 2. The van der Waals surface area contributed by atoms with Crippen LogP contribution in [0.3, 0.4) is 0 Å². The fourth-order valence-electron chi connectivity index (χ4n) is 6.46. The smallest absolute Gasteiger partial charge is 0.404 e. The minimum Gasteiger partial charge on any atom is -0.496 e. The topological polar surface area (TPSA) is 91.8 Å². The normalized spacial score (nSPS) is 17.6. The maximum Gasteiger partial charge on any atom is 0.404 e. The largest absolute Gasteiger partial charge is 0.496 e. The number of halogens is 3. The summed E-state index contributed by atoms with van der Waals surface area (Å²) in [6, 6.07) is 11.1. The van der Waals surface area contributed by atoms with Crippen LogP contribution < -0.4 is 10.1 Å². The zero-order chi connectivity index (χ0) is 32.5. The van der Waals surface area contributed by atoms with Gasteiger partial charge in [0.25, 0.3) is 5.91 Å². The Kier molecular flexibility index (Phi) is 9.65. The van der Waals surface area contributed by atoms with Crippen molar-refractivity contribution >= 4 is 45.0 Å². The first-order chi connectivity index (χ1) is 21.4. The van der Waals surface area contributed by atoms with E-state index in [1.807, 2.05) is 51.1 Å². The summed E-state index contributed by atoms with van der Waals surface area (Å²) in [4.78, 5) is 31.9. The molecule has 2 aromatic carbocycles. The molecule has 1 unspecified atom stereocenters. The highest BCUT2D eigenvalue weighted by Crippen LogP contribution is 2.42. The fourth-order valence-corrected chi connectivity index (χ4v) is 7.97. The number of aromatic nitrogens is 1. The Morgan fingerprint density at radius 3 is 2.33 bits per heavy atom. The molecule has 0 radical (unpaired) electrons. The predicted octanol–water partition coefficient (Wildman–Crippen LogP) is 8.79. The number of thiophene rings is 1. The molecule has 0 aliphatic heterocycles. The van der Waals surface area contributed by atoms with Crippen molar-refractivity contribution < 1.29 is 28.2 Å². The van der Waals surface area contributed by atoms with Crippen molar-refractivity contribution in [3.8, 4) is 16.9 Å². The van der Waals surface area contributed by atoms with Crippen LogP contribution in [0.2, 0.25) is 5.02 Å². The summed E-state index contributed by atoms with van der Waals surface area (Å²) in [5, 5.41) is 12.0. The summed E-state index contributed by atoms with van der Waals surface area (Å²) in [6.45, 7) is 6.21. The van der Waals surface area contributed by atoms with Gasteiger partial charge in [-0.25, -0.2) is 13.6 Å². The van der Waals surface area contributed by atoms with Crippen LogP contribution in [0.5, 0.6) is 5.75 Å². The summed E-state index contributed by atoms with van der Waals surface area (Å²) >= 11 is 7.45. The number of benzene rings is 2. The molecule has 238 valence electrons. The molecular formula is C34H36ClF2N3O4S. The molecule has 2 aromatic heterocycles. The van der Waals surface area contributed by atoms with Gasteiger partial charge in [0.05, 0.1) is 22.2 Å². The van der Waals surface area contributed by atoms with E-state index in [-0.39, 0.29) is 49.9 Å². The highest BCUT2D eigenvalue weighted by atomic mass is 35.5. The molecule has 1 saturated carbocycles. The van der Waals surface area contributed by atoms with Gasteiger partial charge in [-0.3, -0.25) is 9.78 Å². The summed E-state index contributed by atoms with van der Waals surface area (Å²) in [5.41, 5.74) is 2.33. The molecule has 1 aliphatic rings. The van der Waals surface area contributed by atoms with Crippen LogP contribution in [-0.4, -0.2) is 46.2 Å². The molecule has 45 heavy (non-hydrogen) atoms. The Morgan fingerprint density at radius 2 is 1.73 bits per heavy atom. The summed E-state index contributed by atoms with van der Waals surface area (Å²) < 4.78 is 35.2. The predicted molar refractivity (Wildman–Crippen MR) is 173 cm³/mol. The molecule has 0 bridgehead atoms. The number of nitrogens with zero attached hydrogens (tertiary/aromatic N) is 2. The van der Waals surface area contributed by atoms with E-state index >= 15 is 0 Å². The second-order valence-electron chi connectivity index (χ2n) is 12.5. The quantitative estimate of drug-likeness (QED) is 0.198. The van der Waals surface area contributed by atoms with E-state index < -0.39 is 23.6 Å². The number of rotatable bonds is 8. The van der Waals surface area contributed by atoms with Gasteiger partial charge in [-0.2, -0.15) is 0 Å². The molecule has 7 nitrogen and oxygen atoms in total. The maximum atomic E-state index is 14.8. The van der Waals surface area contributed by atoms with Crippen molar-refractivity contribution in [1.29, 1.82) is 0 Å². The van der Waals surface area contributed by atoms with Crippen molar-refractivity contribution in [2.75, 3.05) is 7.11 Å². The van der Waals surface area contributed by atoms with Crippen LogP contribution in [0.1, 0.15) is 61.7 Å². The van der Waals surface area contributed by atoms with Crippen LogP contribution in [-0.2, 0) is 6.54 Å². The van der Waals surface area contributed by atoms with Crippen molar-refractivity contribution in [3.05, 3.63) is 82.0 Å². The minimum absolute atomic E-state index is 0.00274. The van der Waals surface area contributed by atoms with Gasteiger partial charge in [0.2, 0.25) is 0 Å². The second-order valence-corrected chi connectivity index (χ2v) is 13.9. The molecule has 0 spiro atoms. The standard InChI is InChI=1S/C34H36ClF2N3O4S/c1-34(2,3)31(39-33(42)43)20-5-8-23(9-6-20)40(32(41)30-28(35)27-24(36)10-11-25(37)29(27)45-30)18-22-17-21(7-12-26(22)44-4)19-13-15-38-16-14-19/h7,10-17,20,23,31,39H,5-6,8-9,18H2,1-4H3,(H,42,43). The lowest BCUT2D eigenvalue weighted by Crippen LogP contribution is -2.50. The van der Waals surface area contributed by atoms with Crippen molar-refractivity contribution in [2.45, 2.75) is 65.1 Å². The number of hydrogen-bond acceptors (Lipinski definition) is 5. The van der Waals surface area contributed by atoms with E-state index in [9.17, 15) is 23.5 Å². The average Bonchev–Trinajstić information content (AvgIpc) is 3.38. The van der Waals surface area contributed by atoms with Gasteiger partial charge in [-0.1, -0.05) is 38.4 Å². The van der Waals surface area contributed by atoms with E-state index in [0.29, 0.717) is 31.4 Å². The maximum absolute atomic E-state index is 14.8. The number of hydrogen-bond donors (Lipinski definition) is 2. The Labute approximate surface area is 270 Å². The number of amides is 2. The van der Waals surface area contributed by atoms with Crippen molar-refractivity contribution in [3.63, 3.8) is 0 Å². The molecule has 1 atom stereocenters. The van der Waals surface area contributed by atoms with E-state index in [2.05, 4.69) is 10.3 Å². The molecule has 0 saturated heterocycles. The zero-order valence-electron chi connectivity index (χ0n) is 25.6. The molecule has 11 heteroatoms. The number of methoxy groups -OCH3 is 1. The lowest BCUT2D eigenvalue weighted by Gasteiger charge is -2.43. The third-order valence-electron chi connectivity index (χ3n) is 8.64. The minimum atomic E-state index is -1.06. The van der Waals surface area contributed by atoms with Crippen LogP contribution in [0.15, 0.2) is 54.9 Å². The SMILES string of the molecule is COc1ccc(-c2ccncc2)cc1CN(C(=O)c1sc2c(F)ccc(F)c2c1Cl)C1CCC(C(NC(=O)O)C(C)(C)C)CC1. The summed E-state index contributed by atoms with van der Waals surface area (Å²) in [7, 11) is 1.57. The lowest BCUT2D eigenvalue weighted by atomic mass is 9.72. The van der Waals surface area contributed by atoms with E-state index in [1.54, 1.807) is 24.4 Å². The molecule has 2 heterocycles. The third-order valence-corrected chi connectivity index (χ3v) is 10.3. The first kappa shape index (κ1) is 32.6. The first-order valence-corrected chi connectivity index (χ1v) is 16.0. The molecule has 2 amide bonds. The molecule has 2 N–H and O–H groups in total. The highest BCUT2D eigenvalue weighted by molar-refractivity contribution is 7.21. The first-order valence-electron chi connectivity index (χ1n) is 14.8. The summed E-state index contributed by atoms with van der Waals surface area (Å²) in [5.74, 6) is -1.08. The van der Waals surface area contributed by atoms with Crippen LogP contribution >= 0.6 is 22.9 Å². The van der Waals surface area contributed by atoms with E-state index in [0.717, 1.165) is 40.2 Å². The van der Waals surface area contributed by atoms with Crippen LogP contribution in [0.25, 0.3) is 21.2 Å². The van der Waals surface area contributed by atoms with Gasteiger partial charge < -0.3 is 20.1 Å². The molecule has 1 aliphatic carbocycles. The molecule has 1 fully saturated rings. The number of ether oxygens (including phenoxy) is 1. The van der Waals surface area contributed by atoms with Gasteiger partial charge >= 0.3 is 6.09 Å². The van der Waals surface area contributed by atoms with Gasteiger partial charge in [0.1, 0.15) is 22.3 Å². The number of carboxylic acid groups (broad SMARTS) is 1. The van der Waals surface area contributed by atoms with E-state index in [4.69, 9.17) is 16.3 Å². The molecule has 4 aromatic rings. The van der Waals surface area contributed by atoms with Crippen LogP contribution in [0.4, 0.5) is 13.6 Å². The van der Waals surface area contributed by atoms with Gasteiger partial charge in [-0.05, 0) is 84.5 Å². The monoisotopic (exact) mass is 655 g/mol. The average molecular weight is 656 g/mol. The Hall–Kier alpha value is -3.76. The van der Waals surface area contributed by atoms with Gasteiger partial charge in [0.15, 0.2) is 0 Å². The fraction of sp³-hybridized carbons (Fsp3) is 0.382. The third kappa shape index (κ3) is 6.92. The van der Waals surface area contributed by atoms with Gasteiger partial charge in [0, 0.05) is 36.6 Å². The number of nitrogens with one attached hydrogen (secondary N) is 1. The summed E-state index contributed by atoms with van der Waals surface area (Å²) in [6.07, 6.45) is 4.96. The molecular weight excluding hydrogens is 620 g/mol.